The number of aliphatic hydroxyl groups excluding tert-OH is 1. The molecule has 70 valence electrons. The summed E-state index contributed by atoms with van der Waals surface area (Å²) in [5, 5.41) is 10.2. The van der Waals surface area contributed by atoms with Gasteiger partial charge in [-0.3, -0.25) is 0 Å². The highest BCUT2D eigenvalue weighted by Gasteiger charge is 2.64. The standard InChI is InChI=1S/C10H18OS/c1-9(2)6-4-5-10(9,3)8(11)7(6)12/h6-8,11-12H,4-5H2,1-3H3/t6-,7+,8+,10-/m1/s1. The maximum atomic E-state index is 10.0. The van der Waals surface area contributed by atoms with Crippen molar-refractivity contribution in [3.05, 3.63) is 0 Å². The minimum atomic E-state index is -0.199. The van der Waals surface area contributed by atoms with Crippen LogP contribution in [0.1, 0.15) is 33.6 Å². The van der Waals surface area contributed by atoms with E-state index in [4.69, 9.17) is 0 Å². The summed E-state index contributed by atoms with van der Waals surface area (Å²) in [6.45, 7) is 6.78. The Kier molecular flexibility index (Phi) is 1.64. The molecule has 0 unspecified atom stereocenters. The van der Waals surface area contributed by atoms with Gasteiger partial charge in [0.25, 0.3) is 0 Å². The van der Waals surface area contributed by atoms with Crippen LogP contribution in [-0.2, 0) is 0 Å². The summed E-state index contributed by atoms with van der Waals surface area (Å²) in [6, 6.07) is 0. The molecule has 0 radical (unpaired) electrons. The van der Waals surface area contributed by atoms with Crippen molar-refractivity contribution in [3.63, 3.8) is 0 Å². The molecule has 2 fully saturated rings. The molecular weight excluding hydrogens is 168 g/mol. The highest BCUT2D eigenvalue weighted by Crippen LogP contribution is 2.66. The summed E-state index contributed by atoms with van der Waals surface area (Å²) < 4.78 is 0. The van der Waals surface area contributed by atoms with E-state index in [9.17, 15) is 5.11 Å². The third kappa shape index (κ3) is 0.717. The second-order valence-electron chi connectivity index (χ2n) is 5.22. The van der Waals surface area contributed by atoms with Crippen LogP contribution in [0.4, 0.5) is 0 Å². The van der Waals surface area contributed by atoms with Crippen molar-refractivity contribution in [2.24, 2.45) is 16.7 Å². The molecule has 2 aliphatic rings. The van der Waals surface area contributed by atoms with E-state index >= 15 is 0 Å². The fraction of sp³-hybridized carbons (Fsp3) is 1.00. The van der Waals surface area contributed by atoms with E-state index in [2.05, 4.69) is 33.4 Å². The molecule has 4 atom stereocenters. The van der Waals surface area contributed by atoms with Crippen molar-refractivity contribution in [3.8, 4) is 0 Å². The SMILES string of the molecule is CC1(C)[C@@H]2CC[C@]1(C)[C@@H](O)[C@H]2S. The molecule has 0 heterocycles. The molecule has 12 heavy (non-hydrogen) atoms. The first kappa shape index (κ1) is 8.89. The van der Waals surface area contributed by atoms with Gasteiger partial charge in [-0.1, -0.05) is 20.8 Å². The summed E-state index contributed by atoms with van der Waals surface area (Å²) in [7, 11) is 0. The molecule has 1 nitrogen and oxygen atoms in total. The Morgan fingerprint density at radius 1 is 1.33 bits per heavy atom. The molecule has 0 spiro atoms. The van der Waals surface area contributed by atoms with Crippen LogP contribution in [0.5, 0.6) is 0 Å². The Morgan fingerprint density at radius 3 is 2.17 bits per heavy atom. The Hall–Kier alpha value is 0.310. The predicted molar refractivity (Wildman–Crippen MR) is 53.4 cm³/mol. The topological polar surface area (TPSA) is 20.2 Å². The first-order chi connectivity index (χ1) is 5.41. The van der Waals surface area contributed by atoms with Crippen molar-refractivity contribution in [1.29, 1.82) is 0 Å². The van der Waals surface area contributed by atoms with E-state index in [0.29, 0.717) is 5.92 Å². The lowest BCUT2D eigenvalue weighted by Gasteiger charge is -2.36. The minimum absolute atomic E-state index is 0.115. The van der Waals surface area contributed by atoms with Crippen LogP contribution in [-0.4, -0.2) is 16.5 Å². The summed E-state index contributed by atoms with van der Waals surface area (Å²) in [5.41, 5.74) is 0.392. The van der Waals surface area contributed by atoms with Crippen LogP contribution >= 0.6 is 12.6 Å². The molecule has 2 bridgehead atoms. The molecule has 2 rings (SSSR count). The monoisotopic (exact) mass is 186 g/mol. The van der Waals surface area contributed by atoms with Crippen molar-refractivity contribution < 1.29 is 5.11 Å². The molecule has 0 aromatic heterocycles. The highest BCUT2D eigenvalue weighted by atomic mass is 32.1. The predicted octanol–water partition coefficient (Wildman–Crippen LogP) is 2.10. The number of hydrogen-bond acceptors (Lipinski definition) is 2. The summed E-state index contributed by atoms with van der Waals surface area (Å²) in [5.74, 6) is 0.612. The van der Waals surface area contributed by atoms with Crippen molar-refractivity contribution in [2.75, 3.05) is 0 Å². The maximum absolute atomic E-state index is 10.0. The molecule has 2 saturated carbocycles. The minimum Gasteiger partial charge on any atom is -0.391 e. The van der Waals surface area contributed by atoms with Crippen LogP contribution in [0.3, 0.4) is 0 Å². The van der Waals surface area contributed by atoms with Crippen LogP contribution in [0.25, 0.3) is 0 Å². The van der Waals surface area contributed by atoms with Crippen molar-refractivity contribution in [1.82, 2.24) is 0 Å². The Bertz CT molecular complexity index is 214. The number of aliphatic hydroxyl groups is 1. The van der Waals surface area contributed by atoms with Gasteiger partial charge in [-0.2, -0.15) is 12.6 Å². The van der Waals surface area contributed by atoms with Crippen LogP contribution in [0.15, 0.2) is 0 Å². The number of thiol groups is 1. The molecule has 2 aliphatic carbocycles. The van der Waals surface area contributed by atoms with Gasteiger partial charge in [0, 0.05) is 5.25 Å². The Balaban J connectivity index is 2.44. The van der Waals surface area contributed by atoms with E-state index in [-0.39, 0.29) is 22.2 Å². The van der Waals surface area contributed by atoms with Crippen molar-refractivity contribution in [2.45, 2.75) is 45.0 Å². The zero-order chi connectivity index (χ0) is 9.15. The third-order valence-electron chi connectivity index (χ3n) is 4.76. The van der Waals surface area contributed by atoms with Crippen molar-refractivity contribution >= 4 is 12.6 Å². The molecule has 2 heteroatoms. The van der Waals surface area contributed by atoms with Gasteiger partial charge in [0.1, 0.15) is 0 Å². The number of hydrogen-bond donors (Lipinski definition) is 2. The molecule has 0 aromatic carbocycles. The van der Waals surface area contributed by atoms with E-state index in [1.54, 1.807) is 0 Å². The maximum Gasteiger partial charge on any atom is 0.0717 e. The van der Waals surface area contributed by atoms with Gasteiger partial charge in [-0.25, -0.2) is 0 Å². The summed E-state index contributed by atoms with van der Waals surface area (Å²) >= 11 is 4.51. The normalized spacial score (nSPS) is 56.2. The van der Waals surface area contributed by atoms with Gasteiger partial charge in [0.15, 0.2) is 0 Å². The van der Waals surface area contributed by atoms with Gasteiger partial charge >= 0.3 is 0 Å². The van der Waals surface area contributed by atoms with E-state index in [1.807, 2.05) is 0 Å². The van der Waals surface area contributed by atoms with E-state index in [0.717, 1.165) is 0 Å². The summed E-state index contributed by atoms with van der Waals surface area (Å²) in [6.07, 6.45) is 2.21. The molecule has 0 amide bonds. The first-order valence-corrected chi connectivity index (χ1v) is 5.29. The van der Waals surface area contributed by atoms with Crippen LogP contribution < -0.4 is 0 Å². The van der Waals surface area contributed by atoms with Gasteiger partial charge in [0.05, 0.1) is 6.10 Å². The molecule has 0 saturated heterocycles. The van der Waals surface area contributed by atoms with Gasteiger partial charge < -0.3 is 5.11 Å². The Labute approximate surface area is 80.0 Å². The lowest BCUT2D eigenvalue weighted by Crippen LogP contribution is -2.37. The molecular formula is C10H18OS. The van der Waals surface area contributed by atoms with E-state index < -0.39 is 0 Å². The average Bonchev–Trinajstić information content (AvgIpc) is 2.26. The number of rotatable bonds is 0. The zero-order valence-electron chi connectivity index (χ0n) is 8.04. The first-order valence-electron chi connectivity index (χ1n) is 4.77. The van der Waals surface area contributed by atoms with Gasteiger partial charge in [-0.15, -0.1) is 0 Å². The lowest BCUT2D eigenvalue weighted by atomic mass is 9.70. The van der Waals surface area contributed by atoms with Gasteiger partial charge in [0.2, 0.25) is 0 Å². The highest BCUT2D eigenvalue weighted by molar-refractivity contribution is 7.81. The molecule has 1 N–H and O–H groups in total. The largest absolute Gasteiger partial charge is 0.391 e. The smallest absolute Gasteiger partial charge is 0.0717 e. The fourth-order valence-electron chi connectivity index (χ4n) is 3.29. The molecule has 0 aliphatic heterocycles. The zero-order valence-corrected chi connectivity index (χ0v) is 8.94. The van der Waals surface area contributed by atoms with Gasteiger partial charge in [-0.05, 0) is 29.6 Å². The Morgan fingerprint density at radius 2 is 1.92 bits per heavy atom. The summed E-state index contributed by atoms with van der Waals surface area (Å²) in [4.78, 5) is 0. The lowest BCUT2D eigenvalue weighted by molar-refractivity contribution is 0.0150. The fourth-order valence-corrected chi connectivity index (χ4v) is 4.14. The second-order valence-corrected chi connectivity index (χ2v) is 5.82. The van der Waals surface area contributed by atoms with E-state index in [1.165, 1.54) is 12.8 Å². The third-order valence-corrected chi connectivity index (χ3v) is 5.40. The second kappa shape index (κ2) is 2.21. The van der Waals surface area contributed by atoms with Crippen LogP contribution in [0.2, 0.25) is 0 Å². The quantitative estimate of drug-likeness (QED) is 0.555. The molecule has 0 aromatic rings. The number of fused-ring (bicyclic) bond motifs is 2. The average molecular weight is 186 g/mol. The van der Waals surface area contributed by atoms with Crippen LogP contribution in [0, 0.1) is 16.7 Å².